The van der Waals surface area contributed by atoms with Crippen molar-refractivity contribution >= 4 is 33.0 Å². The van der Waals surface area contributed by atoms with Crippen molar-refractivity contribution in [2.24, 2.45) is 0 Å². The first-order valence-corrected chi connectivity index (χ1v) is 11.8. The number of rotatable bonds is 5. The van der Waals surface area contributed by atoms with Crippen molar-refractivity contribution in [1.82, 2.24) is 34.4 Å². The Morgan fingerprint density at radius 3 is 2.81 bits per heavy atom. The monoisotopic (exact) mass is 483 g/mol. The molecule has 10 heteroatoms. The molecule has 0 amide bonds. The summed E-state index contributed by atoms with van der Waals surface area (Å²) in [5.41, 5.74) is 4.05. The van der Waals surface area contributed by atoms with E-state index >= 15 is 0 Å². The summed E-state index contributed by atoms with van der Waals surface area (Å²) in [6.45, 7) is 6.05. The number of aromatic amines is 2. The summed E-state index contributed by atoms with van der Waals surface area (Å²) < 4.78 is 6.92. The van der Waals surface area contributed by atoms with E-state index in [-0.39, 0.29) is 6.04 Å². The van der Waals surface area contributed by atoms with Crippen LogP contribution in [0.1, 0.15) is 18.9 Å². The lowest BCUT2D eigenvalue weighted by atomic mass is 10.0. The quantitative estimate of drug-likeness (QED) is 0.369. The van der Waals surface area contributed by atoms with Gasteiger partial charge in [-0.25, -0.2) is 14.8 Å². The molecule has 2 N–H and O–H groups in total. The minimum atomic E-state index is -0.463. The summed E-state index contributed by atoms with van der Waals surface area (Å²) in [4.78, 5) is 47.6. The minimum absolute atomic E-state index is 0.100. The van der Waals surface area contributed by atoms with Gasteiger partial charge in [0.05, 0.1) is 28.7 Å². The first-order valence-electron chi connectivity index (χ1n) is 11.8. The first kappa shape index (κ1) is 22.2. The van der Waals surface area contributed by atoms with Crippen molar-refractivity contribution in [1.29, 1.82) is 0 Å². The zero-order chi connectivity index (χ0) is 24.8. The smallest absolute Gasteiger partial charge is 0.329 e. The molecule has 0 aliphatic carbocycles. The molecule has 0 saturated carbocycles. The van der Waals surface area contributed by atoms with Gasteiger partial charge in [0.1, 0.15) is 11.2 Å². The van der Waals surface area contributed by atoms with Gasteiger partial charge < -0.3 is 14.6 Å². The molecule has 36 heavy (non-hydrogen) atoms. The molecule has 0 unspecified atom stereocenters. The van der Waals surface area contributed by atoms with Gasteiger partial charge in [-0.05, 0) is 37.1 Å². The van der Waals surface area contributed by atoms with E-state index in [9.17, 15) is 9.59 Å². The van der Waals surface area contributed by atoms with Crippen molar-refractivity contribution in [2.45, 2.75) is 18.9 Å². The average Bonchev–Trinajstić information content (AvgIpc) is 3.33. The molecule has 6 rings (SSSR count). The normalized spacial score (nSPS) is 14.8. The Morgan fingerprint density at radius 1 is 1.17 bits per heavy atom. The third-order valence-corrected chi connectivity index (χ3v) is 6.93. The highest BCUT2D eigenvalue weighted by molar-refractivity contribution is 6.02. The molecule has 0 radical (unpaired) electrons. The Hall–Kier alpha value is -4.31. The number of fused-ring (bicyclic) bond motifs is 4. The lowest BCUT2D eigenvalue weighted by Gasteiger charge is -2.35. The van der Waals surface area contributed by atoms with Crippen LogP contribution in [0.15, 0.2) is 64.7 Å². The predicted molar refractivity (Wildman–Crippen MR) is 138 cm³/mol. The van der Waals surface area contributed by atoms with Gasteiger partial charge in [-0.15, -0.1) is 0 Å². The Balaban J connectivity index is 1.52. The van der Waals surface area contributed by atoms with Crippen LogP contribution < -0.4 is 11.2 Å². The largest absolute Gasteiger partial charge is 0.379 e. The van der Waals surface area contributed by atoms with Crippen LogP contribution in [0.5, 0.6) is 0 Å². The molecule has 10 nitrogen and oxygen atoms in total. The van der Waals surface area contributed by atoms with Crippen molar-refractivity contribution in [3.63, 3.8) is 0 Å². The van der Waals surface area contributed by atoms with Gasteiger partial charge in [-0.3, -0.25) is 19.3 Å². The van der Waals surface area contributed by atoms with Crippen LogP contribution in [0.4, 0.5) is 0 Å². The Morgan fingerprint density at radius 2 is 2.00 bits per heavy atom. The van der Waals surface area contributed by atoms with Crippen LogP contribution in [0.25, 0.3) is 44.2 Å². The van der Waals surface area contributed by atoms with Crippen molar-refractivity contribution in [2.75, 3.05) is 26.8 Å². The first-order chi connectivity index (χ1) is 17.5. The van der Waals surface area contributed by atoms with Gasteiger partial charge in [0.15, 0.2) is 0 Å². The lowest BCUT2D eigenvalue weighted by Crippen LogP contribution is -2.40. The van der Waals surface area contributed by atoms with Crippen molar-refractivity contribution in [3.05, 3.63) is 76.0 Å². The number of piperidine rings is 1. The second-order valence-electron chi connectivity index (χ2n) is 9.03. The van der Waals surface area contributed by atoms with Crippen LogP contribution in [-0.2, 0) is 4.74 Å². The number of ether oxygens (including phenoxy) is 1. The highest BCUT2D eigenvalue weighted by atomic mass is 16.5. The van der Waals surface area contributed by atoms with E-state index < -0.39 is 11.2 Å². The molecule has 5 aromatic rings. The van der Waals surface area contributed by atoms with Crippen LogP contribution in [0, 0.1) is 0 Å². The maximum atomic E-state index is 13.2. The lowest BCUT2D eigenvalue weighted by molar-refractivity contribution is 0.163. The predicted octanol–water partition coefficient (Wildman–Crippen LogP) is 2.97. The molecule has 1 fully saturated rings. The van der Waals surface area contributed by atoms with E-state index in [1.807, 2.05) is 30.5 Å². The third-order valence-electron chi connectivity index (χ3n) is 6.93. The fourth-order valence-electron chi connectivity index (χ4n) is 5.15. The second kappa shape index (κ2) is 8.72. The second-order valence-corrected chi connectivity index (χ2v) is 9.03. The standard InChI is InChI=1S/C26H25N7O3/c1-15(14-36-2)32-10-7-16(8-11-32)33-23-19(25(34)31-26(33)35)13-28-21-6-5-20(30-22(21)23)18-12-29-24-17(18)4-3-9-27-24/h3-6,9,12-13,16H,1,7-8,10-11,14H2,2H3,(H,27,29)(H,31,34,35). The van der Waals surface area contributed by atoms with Gasteiger partial charge in [0.2, 0.25) is 0 Å². The summed E-state index contributed by atoms with van der Waals surface area (Å²) in [7, 11) is 1.65. The zero-order valence-electron chi connectivity index (χ0n) is 19.8. The molecule has 182 valence electrons. The molecular weight excluding hydrogens is 458 g/mol. The average molecular weight is 484 g/mol. The number of likely N-dealkylation sites (tertiary alicyclic amines) is 1. The van der Waals surface area contributed by atoms with E-state index in [0.29, 0.717) is 34.2 Å². The number of nitrogens with one attached hydrogen (secondary N) is 2. The fraction of sp³-hybridized carbons (Fsp3) is 0.269. The number of hydrogen-bond acceptors (Lipinski definition) is 7. The van der Waals surface area contributed by atoms with E-state index in [1.54, 1.807) is 17.9 Å². The molecular formula is C26H25N7O3. The highest BCUT2D eigenvalue weighted by Crippen LogP contribution is 2.31. The molecule has 1 aliphatic rings. The minimum Gasteiger partial charge on any atom is -0.379 e. The highest BCUT2D eigenvalue weighted by Gasteiger charge is 2.25. The number of pyridine rings is 3. The SMILES string of the molecule is C=C(COC)N1CCC(n2c(=O)[nH]c(=O)c3cnc4ccc(-c5c[nH]c6ncccc56)nc4c32)CC1. The Kier molecular flexibility index (Phi) is 5.37. The fourth-order valence-corrected chi connectivity index (χ4v) is 5.15. The molecule has 0 aromatic carbocycles. The number of methoxy groups -OCH3 is 1. The summed E-state index contributed by atoms with van der Waals surface area (Å²) >= 11 is 0. The van der Waals surface area contributed by atoms with Crippen LogP contribution in [0.2, 0.25) is 0 Å². The molecule has 1 aliphatic heterocycles. The van der Waals surface area contributed by atoms with Crippen LogP contribution in [-0.4, -0.2) is 61.2 Å². The van der Waals surface area contributed by atoms with Gasteiger partial charge in [0, 0.05) is 61.5 Å². The van der Waals surface area contributed by atoms with Crippen molar-refractivity contribution in [3.8, 4) is 11.3 Å². The van der Waals surface area contributed by atoms with Crippen LogP contribution >= 0.6 is 0 Å². The van der Waals surface area contributed by atoms with E-state index in [1.165, 1.54) is 6.20 Å². The molecule has 5 aromatic heterocycles. The van der Waals surface area contributed by atoms with Crippen molar-refractivity contribution < 1.29 is 4.74 Å². The molecule has 0 spiro atoms. The number of H-pyrrole nitrogens is 2. The summed E-state index contributed by atoms with van der Waals surface area (Å²) in [5, 5.41) is 1.29. The van der Waals surface area contributed by atoms with Crippen LogP contribution in [0.3, 0.4) is 0 Å². The van der Waals surface area contributed by atoms with Gasteiger partial charge in [-0.1, -0.05) is 6.58 Å². The molecule has 0 atom stereocenters. The topological polar surface area (TPSA) is 122 Å². The zero-order valence-corrected chi connectivity index (χ0v) is 19.8. The number of hydrogen-bond donors (Lipinski definition) is 2. The molecule has 6 heterocycles. The number of aromatic nitrogens is 6. The number of nitrogens with zero attached hydrogens (tertiary/aromatic N) is 5. The summed E-state index contributed by atoms with van der Waals surface area (Å²) in [5.74, 6) is 0. The Labute approximate surface area is 205 Å². The summed E-state index contributed by atoms with van der Waals surface area (Å²) in [6, 6.07) is 7.53. The maximum absolute atomic E-state index is 13.2. The third kappa shape index (κ3) is 3.57. The maximum Gasteiger partial charge on any atom is 0.329 e. The van der Waals surface area contributed by atoms with E-state index in [0.717, 1.165) is 48.2 Å². The van der Waals surface area contributed by atoms with Gasteiger partial charge >= 0.3 is 5.69 Å². The van der Waals surface area contributed by atoms with E-state index in [4.69, 9.17) is 9.72 Å². The van der Waals surface area contributed by atoms with Gasteiger partial charge in [0.25, 0.3) is 5.56 Å². The summed E-state index contributed by atoms with van der Waals surface area (Å²) in [6.07, 6.45) is 6.57. The molecule has 1 saturated heterocycles. The van der Waals surface area contributed by atoms with E-state index in [2.05, 4.69) is 31.4 Å². The molecule has 0 bridgehead atoms. The Bertz CT molecular complexity index is 1740. The van der Waals surface area contributed by atoms with Gasteiger partial charge in [-0.2, -0.15) is 0 Å².